The van der Waals surface area contributed by atoms with E-state index in [4.69, 9.17) is 9.84 Å². The van der Waals surface area contributed by atoms with Gasteiger partial charge in [-0.3, -0.25) is 4.90 Å². The second-order valence-corrected chi connectivity index (χ2v) is 4.77. The lowest BCUT2D eigenvalue weighted by Crippen LogP contribution is -2.29. The summed E-state index contributed by atoms with van der Waals surface area (Å²) in [4.78, 5) is 7.75. The van der Waals surface area contributed by atoms with E-state index in [9.17, 15) is 0 Å². The number of hydrogen-bond donors (Lipinski definition) is 1. The summed E-state index contributed by atoms with van der Waals surface area (Å²) in [5.41, 5.74) is 0. The van der Waals surface area contributed by atoms with Crippen molar-refractivity contribution in [2.45, 2.75) is 19.9 Å². The smallest absolute Gasteiger partial charge is 0.0925 e. The zero-order valence-electron chi connectivity index (χ0n) is 9.98. The van der Waals surface area contributed by atoms with Crippen molar-refractivity contribution in [3.63, 3.8) is 0 Å². The molecule has 0 amide bonds. The first kappa shape index (κ1) is 13.6. The van der Waals surface area contributed by atoms with E-state index < -0.39 is 0 Å². The first-order valence-corrected chi connectivity index (χ1v) is 6.37. The highest BCUT2D eigenvalue weighted by atomic mass is 32.1. The maximum atomic E-state index is 8.97. The van der Waals surface area contributed by atoms with Crippen LogP contribution in [0.1, 0.15) is 16.8 Å². The van der Waals surface area contributed by atoms with Crippen molar-refractivity contribution < 1.29 is 9.84 Å². The molecule has 0 unspecified atom stereocenters. The van der Waals surface area contributed by atoms with Gasteiger partial charge in [-0.2, -0.15) is 0 Å². The van der Waals surface area contributed by atoms with Crippen molar-refractivity contribution in [3.8, 4) is 0 Å². The molecule has 5 heteroatoms. The molecule has 1 aromatic heterocycles. The second kappa shape index (κ2) is 7.73. The lowest BCUT2D eigenvalue weighted by molar-refractivity contribution is 0.127. The van der Waals surface area contributed by atoms with Crippen molar-refractivity contribution in [3.05, 3.63) is 16.1 Å². The molecule has 0 atom stereocenters. The Hall–Kier alpha value is -0.490. The lowest BCUT2D eigenvalue weighted by atomic mass is 10.4. The van der Waals surface area contributed by atoms with Crippen LogP contribution in [0.2, 0.25) is 0 Å². The van der Waals surface area contributed by atoms with E-state index in [1.54, 1.807) is 18.4 Å². The number of aliphatic hydroxyl groups is 1. The Balaban J connectivity index is 2.46. The van der Waals surface area contributed by atoms with Gasteiger partial charge in [0.2, 0.25) is 0 Å². The molecule has 1 N–H and O–H groups in total. The molecule has 16 heavy (non-hydrogen) atoms. The van der Waals surface area contributed by atoms with Gasteiger partial charge in [0.15, 0.2) is 0 Å². The van der Waals surface area contributed by atoms with Gasteiger partial charge in [0, 0.05) is 37.8 Å². The normalized spacial score (nSPS) is 11.2. The van der Waals surface area contributed by atoms with Crippen LogP contribution in [-0.4, -0.2) is 48.4 Å². The molecule has 4 nitrogen and oxygen atoms in total. The topological polar surface area (TPSA) is 45.6 Å². The fourth-order valence-corrected chi connectivity index (χ4v) is 2.34. The molecular weight excluding hydrogens is 224 g/mol. The second-order valence-electron chi connectivity index (χ2n) is 3.57. The summed E-state index contributed by atoms with van der Waals surface area (Å²) < 4.78 is 5.05. The van der Waals surface area contributed by atoms with E-state index in [2.05, 4.69) is 16.8 Å². The van der Waals surface area contributed by atoms with Gasteiger partial charge < -0.3 is 9.84 Å². The molecule has 1 aromatic rings. The SMILES string of the molecule is CCc1ncc(CN(CCO)CCOC)s1. The summed E-state index contributed by atoms with van der Waals surface area (Å²) in [6.45, 7) is 5.36. The zero-order chi connectivity index (χ0) is 11.8. The highest BCUT2D eigenvalue weighted by Gasteiger charge is 2.07. The van der Waals surface area contributed by atoms with Gasteiger partial charge >= 0.3 is 0 Å². The van der Waals surface area contributed by atoms with Gasteiger partial charge in [0.25, 0.3) is 0 Å². The van der Waals surface area contributed by atoms with Gasteiger partial charge in [-0.25, -0.2) is 4.98 Å². The molecule has 1 rings (SSSR count). The van der Waals surface area contributed by atoms with Gasteiger partial charge in [0.1, 0.15) is 0 Å². The molecule has 0 bridgehead atoms. The van der Waals surface area contributed by atoms with Gasteiger partial charge in [-0.05, 0) is 6.42 Å². The zero-order valence-corrected chi connectivity index (χ0v) is 10.8. The number of nitrogens with zero attached hydrogens (tertiary/aromatic N) is 2. The number of rotatable bonds is 8. The Labute approximate surface area is 101 Å². The molecule has 1 heterocycles. The number of hydrogen-bond acceptors (Lipinski definition) is 5. The van der Waals surface area contributed by atoms with Crippen molar-refractivity contribution in [1.82, 2.24) is 9.88 Å². The fourth-order valence-electron chi connectivity index (χ4n) is 1.44. The highest BCUT2D eigenvalue weighted by Crippen LogP contribution is 2.15. The molecule has 0 saturated carbocycles. The Bertz CT molecular complexity index is 291. The third-order valence-corrected chi connectivity index (χ3v) is 3.44. The lowest BCUT2D eigenvalue weighted by Gasteiger charge is -2.19. The number of aryl methyl sites for hydroxylation is 1. The van der Waals surface area contributed by atoms with Gasteiger partial charge in [0.05, 0.1) is 18.2 Å². The van der Waals surface area contributed by atoms with Crippen molar-refractivity contribution in [2.24, 2.45) is 0 Å². The predicted octanol–water partition coefficient (Wildman–Crippen LogP) is 1.15. The van der Waals surface area contributed by atoms with E-state index in [1.165, 1.54) is 9.88 Å². The molecule has 0 fully saturated rings. The van der Waals surface area contributed by atoms with Crippen LogP contribution in [0, 0.1) is 0 Å². The van der Waals surface area contributed by atoms with E-state index >= 15 is 0 Å². The number of aliphatic hydroxyl groups excluding tert-OH is 1. The van der Waals surface area contributed by atoms with Crippen LogP contribution in [0.5, 0.6) is 0 Å². The first-order valence-electron chi connectivity index (χ1n) is 5.55. The fraction of sp³-hybridized carbons (Fsp3) is 0.727. The average Bonchev–Trinajstić information content (AvgIpc) is 2.74. The maximum Gasteiger partial charge on any atom is 0.0925 e. The number of methoxy groups -OCH3 is 1. The molecule has 0 aliphatic carbocycles. The van der Waals surface area contributed by atoms with Crippen LogP contribution < -0.4 is 0 Å². The molecule has 0 spiro atoms. The third kappa shape index (κ3) is 4.57. The standard InChI is InChI=1S/C11H20N2O2S/c1-3-11-12-8-10(16-11)9-13(4-6-14)5-7-15-2/h8,14H,3-7,9H2,1-2H3. The summed E-state index contributed by atoms with van der Waals surface area (Å²) in [6.07, 6.45) is 2.92. The van der Waals surface area contributed by atoms with Crippen molar-refractivity contribution in [2.75, 3.05) is 33.4 Å². The van der Waals surface area contributed by atoms with E-state index in [-0.39, 0.29) is 6.61 Å². The Morgan fingerprint density at radius 1 is 1.50 bits per heavy atom. The summed E-state index contributed by atoms with van der Waals surface area (Å²) >= 11 is 1.75. The van der Waals surface area contributed by atoms with Gasteiger partial charge in [-0.15, -0.1) is 11.3 Å². The Morgan fingerprint density at radius 3 is 2.88 bits per heavy atom. The molecule has 0 radical (unpaired) electrons. The van der Waals surface area contributed by atoms with Crippen molar-refractivity contribution >= 4 is 11.3 Å². The van der Waals surface area contributed by atoms with Crippen molar-refractivity contribution in [1.29, 1.82) is 0 Å². The maximum absolute atomic E-state index is 8.97. The summed E-state index contributed by atoms with van der Waals surface area (Å²) in [6, 6.07) is 0. The quantitative estimate of drug-likeness (QED) is 0.745. The largest absolute Gasteiger partial charge is 0.395 e. The number of thiazole rings is 1. The average molecular weight is 244 g/mol. The minimum absolute atomic E-state index is 0.184. The Morgan fingerprint density at radius 2 is 2.31 bits per heavy atom. The van der Waals surface area contributed by atoms with E-state index in [1.807, 2.05) is 6.20 Å². The number of aromatic nitrogens is 1. The highest BCUT2D eigenvalue weighted by molar-refractivity contribution is 7.11. The van der Waals surface area contributed by atoms with E-state index in [0.717, 1.165) is 19.5 Å². The molecule has 92 valence electrons. The third-order valence-electron chi connectivity index (χ3n) is 2.31. The molecule has 0 aliphatic heterocycles. The molecule has 0 saturated heterocycles. The first-order chi connectivity index (χ1) is 7.80. The van der Waals surface area contributed by atoms with E-state index in [0.29, 0.717) is 13.2 Å². The predicted molar refractivity (Wildman–Crippen MR) is 65.7 cm³/mol. The molecule has 0 aliphatic rings. The minimum Gasteiger partial charge on any atom is -0.395 e. The van der Waals surface area contributed by atoms with Gasteiger partial charge in [-0.1, -0.05) is 6.92 Å². The van der Waals surface area contributed by atoms with Crippen LogP contribution >= 0.6 is 11.3 Å². The Kier molecular flexibility index (Phi) is 6.56. The molecule has 0 aromatic carbocycles. The minimum atomic E-state index is 0.184. The molecular formula is C11H20N2O2S. The van der Waals surface area contributed by atoms with Crippen LogP contribution in [0.25, 0.3) is 0 Å². The van der Waals surface area contributed by atoms with Crippen LogP contribution in [0.15, 0.2) is 6.20 Å². The monoisotopic (exact) mass is 244 g/mol. The summed E-state index contributed by atoms with van der Waals surface area (Å²) in [7, 11) is 1.69. The number of ether oxygens (including phenoxy) is 1. The van der Waals surface area contributed by atoms with Crippen LogP contribution in [0.4, 0.5) is 0 Å². The summed E-state index contributed by atoms with van der Waals surface area (Å²) in [5.74, 6) is 0. The summed E-state index contributed by atoms with van der Waals surface area (Å²) in [5, 5.41) is 10.1. The van der Waals surface area contributed by atoms with Crippen LogP contribution in [-0.2, 0) is 17.7 Å². The van der Waals surface area contributed by atoms with Crippen LogP contribution in [0.3, 0.4) is 0 Å².